The summed E-state index contributed by atoms with van der Waals surface area (Å²) in [5.74, 6) is -2.85. The average molecular weight is 307 g/mol. The predicted molar refractivity (Wildman–Crippen MR) is 69.7 cm³/mol. The first-order valence-electron chi connectivity index (χ1n) is 7.06. The fourth-order valence-electron chi connectivity index (χ4n) is 2.96. The van der Waals surface area contributed by atoms with Crippen molar-refractivity contribution < 1.29 is 22.0 Å². The molecule has 3 unspecified atom stereocenters. The van der Waals surface area contributed by atoms with Crippen LogP contribution in [0.2, 0.25) is 0 Å². The number of hydrogen-bond donors (Lipinski definition) is 1. The summed E-state index contributed by atoms with van der Waals surface area (Å²) in [5, 5.41) is 2.89. The molecule has 1 aromatic carbocycles. The molecule has 1 saturated carbocycles. The first kappa shape index (κ1) is 16.2. The summed E-state index contributed by atoms with van der Waals surface area (Å²) in [6.07, 6.45) is -2.43. The molecule has 2 rings (SSSR count). The molecule has 0 amide bonds. The Morgan fingerprint density at radius 1 is 1.05 bits per heavy atom. The summed E-state index contributed by atoms with van der Waals surface area (Å²) in [6, 6.07) is 1.79. The predicted octanol–water partition coefficient (Wildman–Crippen LogP) is 4.74. The maximum absolute atomic E-state index is 13.2. The van der Waals surface area contributed by atoms with Crippen LogP contribution >= 0.6 is 0 Å². The molecule has 0 aliphatic heterocycles. The van der Waals surface area contributed by atoms with Gasteiger partial charge in [0, 0.05) is 18.2 Å². The molecule has 118 valence electrons. The first-order chi connectivity index (χ1) is 9.77. The maximum Gasteiger partial charge on any atom is 0.393 e. The van der Waals surface area contributed by atoms with Crippen molar-refractivity contribution in [2.45, 2.75) is 50.9 Å². The molecule has 3 atom stereocenters. The average Bonchev–Trinajstić information content (AvgIpc) is 2.37. The molecule has 1 nitrogen and oxygen atoms in total. The summed E-state index contributed by atoms with van der Waals surface area (Å²) < 4.78 is 65.4. The Balaban J connectivity index is 2.11. The largest absolute Gasteiger partial charge is 0.393 e. The third-order valence-corrected chi connectivity index (χ3v) is 4.04. The van der Waals surface area contributed by atoms with Crippen LogP contribution in [0.5, 0.6) is 0 Å². The van der Waals surface area contributed by atoms with Gasteiger partial charge in [0.25, 0.3) is 0 Å². The van der Waals surface area contributed by atoms with Gasteiger partial charge in [0.1, 0.15) is 11.6 Å². The molecule has 21 heavy (non-hydrogen) atoms. The van der Waals surface area contributed by atoms with E-state index in [1.165, 1.54) is 0 Å². The van der Waals surface area contributed by atoms with Crippen LogP contribution in [-0.4, -0.2) is 12.2 Å². The molecule has 6 heteroatoms. The smallest absolute Gasteiger partial charge is 0.307 e. The minimum absolute atomic E-state index is 0.103. The van der Waals surface area contributed by atoms with E-state index < -0.39 is 35.8 Å². The van der Waals surface area contributed by atoms with Crippen molar-refractivity contribution in [1.29, 1.82) is 0 Å². The number of hydrogen-bond acceptors (Lipinski definition) is 1. The van der Waals surface area contributed by atoms with E-state index in [9.17, 15) is 22.0 Å². The second-order valence-electron chi connectivity index (χ2n) is 5.63. The zero-order chi connectivity index (χ0) is 15.6. The third kappa shape index (κ3) is 4.15. The van der Waals surface area contributed by atoms with Gasteiger partial charge in [-0.3, -0.25) is 0 Å². The summed E-state index contributed by atoms with van der Waals surface area (Å²) in [5.41, 5.74) is 0.319. The molecular weight excluding hydrogens is 289 g/mol. The molecule has 1 N–H and O–H groups in total. The first-order valence-corrected chi connectivity index (χ1v) is 7.06. The number of alkyl halides is 3. The molecule has 1 aromatic rings. The summed E-state index contributed by atoms with van der Waals surface area (Å²) >= 11 is 0. The van der Waals surface area contributed by atoms with Crippen LogP contribution in [-0.2, 0) is 0 Å². The van der Waals surface area contributed by atoms with Gasteiger partial charge in [-0.2, -0.15) is 13.2 Å². The number of halogens is 5. The summed E-state index contributed by atoms with van der Waals surface area (Å²) in [4.78, 5) is 0. The van der Waals surface area contributed by atoms with Crippen molar-refractivity contribution in [3.8, 4) is 0 Å². The molecule has 0 aromatic heterocycles. The monoisotopic (exact) mass is 307 g/mol. The van der Waals surface area contributed by atoms with E-state index in [0.29, 0.717) is 18.4 Å². The minimum atomic E-state index is -4.25. The number of nitrogens with one attached hydrogen (secondary N) is 1. The summed E-state index contributed by atoms with van der Waals surface area (Å²) in [6.45, 7) is 1.62. The van der Waals surface area contributed by atoms with Crippen molar-refractivity contribution in [1.82, 2.24) is 5.32 Å². The van der Waals surface area contributed by atoms with Gasteiger partial charge in [0.05, 0.1) is 5.92 Å². The standard InChI is InChI=1S/C15H18F5N/c1-9(10-6-11(16)8-12(17)7-10)21-14-5-3-2-4-13(14)15(18,19)20/h6-9,13-14,21H,2-5H2,1H3. The van der Waals surface area contributed by atoms with Gasteiger partial charge in [-0.05, 0) is 37.5 Å². The van der Waals surface area contributed by atoms with E-state index in [4.69, 9.17) is 0 Å². The fraction of sp³-hybridized carbons (Fsp3) is 0.600. The van der Waals surface area contributed by atoms with E-state index >= 15 is 0 Å². The Labute approximate surface area is 120 Å². The lowest BCUT2D eigenvalue weighted by Crippen LogP contribution is -2.46. The van der Waals surface area contributed by atoms with Crippen molar-refractivity contribution in [3.63, 3.8) is 0 Å². The maximum atomic E-state index is 13.2. The van der Waals surface area contributed by atoms with Crippen molar-refractivity contribution >= 4 is 0 Å². The number of benzene rings is 1. The Bertz CT molecular complexity index is 465. The second-order valence-corrected chi connectivity index (χ2v) is 5.63. The van der Waals surface area contributed by atoms with Crippen LogP contribution in [0.3, 0.4) is 0 Å². The molecule has 0 spiro atoms. The van der Waals surface area contributed by atoms with Gasteiger partial charge in [-0.15, -0.1) is 0 Å². The highest BCUT2D eigenvalue weighted by atomic mass is 19.4. The second kappa shape index (κ2) is 6.30. The van der Waals surface area contributed by atoms with E-state index in [1.54, 1.807) is 6.92 Å². The highest BCUT2D eigenvalue weighted by molar-refractivity contribution is 5.21. The van der Waals surface area contributed by atoms with Crippen molar-refractivity contribution in [2.24, 2.45) is 5.92 Å². The van der Waals surface area contributed by atoms with Crippen LogP contribution in [0, 0.1) is 17.6 Å². The van der Waals surface area contributed by atoms with E-state index in [-0.39, 0.29) is 6.42 Å². The normalized spacial score (nSPS) is 24.9. The van der Waals surface area contributed by atoms with Crippen molar-refractivity contribution in [3.05, 3.63) is 35.4 Å². The van der Waals surface area contributed by atoms with Gasteiger partial charge in [-0.25, -0.2) is 8.78 Å². The number of rotatable bonds is 3. The van der Waals surface area contributed by atoms with Crippen LogP contribution in [0.1, 0.15) is 44.2 Å². The van der Waals surface area contributed by atoms with Gasteiger partial charge >= 0.3 is 6.18 Å². The lowest BCUT2D eigenvalue weighted by molar-refractivity contribution is -0.189. The summed E-state index contributed by atoms with van der Waals surface area (Å²) in [7, 11) is 0. The van der Waals surface area contributed by atoms with E-state index in [2.05, 4.69) is 5.32 Å². The molecular formula is C15H18F5N. The quantitative estimate of drug-likeness (QED) is 0.796. The van der Waals surface area contributed by atoms with Crippen LogP contribution in [0.4, 0.5) is 22.0 Å². The molecule has 1 aliphatic rings. The topological polar surface area (TPSA) is 12.0 Å². The highest BCUT2D eigenvalue weighted by Crippen LogP contribution is 2.38. The zero-order valence-electron chi connectivity index (χ0n) is 11.7. The van der Waals surface area contributed by atoms with E-state index in [1.807, 2.05) is 0 Å². The molecule has 0 bridgehead atoms. The van der Waals surface area contributed by atoms with E-state index in [0.717, 1.165) is 24.6 Å². The Morgan fingerprint density at radius 2 is 1.62 bits per heavy atom. The fourth-order valence-corrected chi connectivity index (χ4v) is 2.96. The molecule has 0 saturated heterocycles. The van der Waals surface area contributed by atoms with Gasteiger partial charge in [0.15, 0.2) is 0 Å². The lowest BCUT2D eigenvalue weighted by atomic mass is 9.83. The minimum Gasteiger partial charge on any atom is -0.307 e. The Hall–Kier alpha value is -1.17. The van der Waals surface area contributed by atoms with Crippen molar-refractivity contribution in [2.75, 3.05) is 0 Å². The van der Waals surface area contributed by atoms with Crippen LogP contribution in [0.15, 0.2) is 18.2 Å². The SMILES string of the molecule is CC(NC1CCCCC1C(F)(F)F)c1cc(F)cc(F)c1. The lowest BCUT2D eigenvalue weighted by Gasteiger charge is -2.35. The molecule has 0 radical (unpaired) electrons. The van der Waals surface area contributed by atoms with Crippen LogP contribution < -0.4 is 5.32 Å². The van der Waals surface area contributed by atoms with Crippen LogP contribution in [0.25, 0.3) is 0 Å². The molecule has 0 heterocycles. The Kier molecular flexibility index (Phi) is 4.86. The molecule has 1 fully saturated rings. The van der Waals surface area contributed by atoms with Gasteiger partial charge in [0.2, 0.25) is 0 Å². The zero-order valence-corrected chi connectivity index (χ0v) is 11.7. The molecule has 1 aliphatic carbocycles. The third-order valence-electron chi connectivity index (χ3n) is 4.04. The van der Waals surface area contributed by atoms with Gasteiger partial charge < -0.3 is 5.32 Å². The van der Waals surface area contributed by atoms with Gasteiger partial charge in [-0.1, -0.05) is 12.8 Å². The highest BCUT2D eigenvalue weighted by Gasteiger charge is 2.45. The Morgan fingerprint density at radius 3 is 2.19 bits per heavy atom.